The number of aromatic nitrogens is 2. The minimum atomic E-state index is -2.66. The van der Waals surface area contributed by atoms with Gasteiger partial charge in [-0.2, -0.15) is 5.10 Å². The highest BCUT2D eigenvalue weighted by molar-refractivity contribution is 5.27. The third kappa shape index (κ3) is 2.26. The average molecular weight is 246 g/mol. The zero-order valence-electron chi connectivity index (χ0n) is 9.86. The molecule has 17 heavy (non-hydrogen) atoms. The van der Waals surface area contributed by atoms with Gasteiger partial charge in [-0.1, -0.05) is 0 Å². The molecule has 6 heteroatoms. The van der Waals surface area contributed by atoms with Crippen LogP contribution in [0.1, 0.15) is 31.1 Å². The maximum Gasteiger partial charge on any atom is 0.248 e. The Labute approximate surface area is 98.2 Å². The van der Waals surface area contributed by atoms with Crippen molar-refractivity contribution < 1.29 is 18.6 Å². The highest BCUT2D eigenvalue weighted by atomic mass is 19.3. The first-order valence-electron chi connectivity index (χ1n) is 5.56. The number of rotatable bonds is 3. The van der Waals surface area contributed by atoms with Gasteiger partial charge in [0.05, 0.1) is 13.3 Å². The van der Waals surface area contributed by atoms with Crippen molar-refractivity contribution in [2.45, 2.75) is 31.3 Å². The van der Waals surface area contributed by atoms with E-state index < -0.39 is 17.9 Å². The van der Waals surface area contributed by atoms with Crippen LogP contribution in [0.3, 0.4) is 0 Å². The van der Waals surface area contributed by atoms with Gasteiger partial charge in [-0.15, -0.1) is 0 Å². The van der Waals surface area contributed by atoms with Crippen LogP contribution in [0.4, 0.5) is 8.78 Å². The fourth-order valence-electron chi connectivity index (χ4n) is 2.40. The number of aryl methyl sites for hydroxylation is 1. The van der Waals surface area contributed by atoms with Gasteiger partial charge in [0.25, 0.3) is 0 Å². The number of aliphatic hydroxyl groups excluding tert-OH is 1. The van der Waals surface area contributed by atoms with Crippen molar-refractivity contribution in [1.29, 1.82) is 0 Å². The maximum atomic E-state index is 13.1. The van der Waals surface area contributed by atoms with E-state index in [1.807, 2.05) is 0 Å². The molecule has 1 saturated carbocycles. The Morgan fingerprint density at radius 2 is 2.35 bits per heavy atom. The normalized spacial score (nSPS) is 24.9. The van der Waals surface area contributed by atoms with E-state index in [1.165, 1.54) is 18.0 Å². The minimum Gasteiger partial charge on any atom is -0.493 e. The molecule has 4 nitrogen and oxygen atoms in total. The summed E-state index contributed by atoms with van der Waals surface area (Å²) in [5.74, 6) is -2.65. The quantitative estimate of drug-likeness (QED) is 0.886. The molecule has 1 fully saturated rings. The zero-order chi connectivity index (χ0) is 12.6. The molecule has 0 bridgehead atoms. The number of ether oxygens (including phenoxy) is 1. The first kappa shape index (κ1) is 12.3. The molecular weight excluding hydrogens is 230 g/mol. The van der Waals surface area contributed by atoms with Crippen LogP contribution in [0.15, 0.2) is 6.20 Å². The molecule has 0 saturated heterocycles. The van der Waals surface area contributed by atoms with Crippen LogP contribution < -0.4 is 4.74 Å². The fraction of sp³-hybridized carbons (Fsp3) is 0.727. The number of aliphatic hydroxyl groups is 1. The SMILES string of the molecule is COc1cnn(C)c1C(O)C1CCC(F)(F)C1. The topological polar surface area (TPSA) is 47.3 Å². The van der Waals surface area contributed by atoms with E-state index >= 15 is 0 Å². The number of halogens is 2. The molecule has 96 valence electrons. The summed E-state index contributed by atoms with van der Waals surface area (Å²) in [4.78, 5) is 0. The number of methoxy groups -OCH3 is 1. The molecule has 1 heterocycles. The van der Waals surface area contributed by atoms with Crippen LogP contribution in [-0.2, 0) is 7.05 Å². The van der Waals surface area contributed by atoms with Crippen molar-refractivity contribution in [3.63, 3.8) is 0 Å². The molecular formula is C11H16F2N2O2. The second-order valence-electron chi connectivity index (χ2n) is 4.53. The molecule has 1 aliphatic carbocycles. The molecule has 0 amide bonds. The molecule has 0 radical (unpaired) electrons. The standard InChI is InChI=1S/C11H16F2N2O2/c1-15-9(8(17-2)6-14-15)10(16)7-3-4-11(12,13)5-7/h6-7,10,16H,3-5H2,1-2H3. The summed E-state index contributed by atoms with van der Waals surface area (Å²) < 4.78 is 32.8. The Morgan fingerprint density at radius 1 is 1.65 bits per heavy atom. The minimum absolute atomic E-state index is 0.158. The van der Waals surface area contributed by atoms with E-state index in [1.54, 1.807) is 7.05 Å². The molecule has 2 atom stereocenters. The highest BCUT2D eigenvalue weighted by Gasteiger charge is 2.43. The van der Waals surface area contributed by atoms with Gasteiger partial charge in [0.15, 0.2) is 5.75 Å². The fourth-order valence-corrected chi connectivity index (χ4v) is 2.40. The van der Waals surface area contributed by atoms with Crippen molar-refractivity contribution in [2.75, 3.05) is 7.11 Å². The highest BCUT2D eigenvalue weighted by Crippen LogP contribution is 2.45. The van der Waals surface area contributed by atoms with Gasteiger partial charge in [0, 0.05) is 19.9 Å². The zero-order valence-corrected chi connectivity index (χ0v) is 9.86. The maximum absolute atomic E-state index is 13.1. The van der Waals surface area contributed by atoms with E-state index in [9.17, 15) is 13.9 Å². The lowest BCUT2D eigenvalue weighted by molar-refractivity contribution is -0.00612. The van der Waals surface area contributed by atoms with Crippen LogP contribution in [0, 0.1) is 5.92 Å². The molecule has 2 unspecified atom stereocenters. The van der Waals surface area contributed by atoms with Crippen LogP contribution in [0.25, 0.3) is 0 Å². The summed E-state index contributed by atoms with van der Waals surface area (Å²) in [6.45, 7) is 0. The molecule has 1 aromatic rings. The largest absolute Gasteiger partial charge is 0.493 e. The van der Waals surface area contributed by atoms with Crippen LogP contribution in [-0.4, -0.2) is 27.9 Å². The summed E-state index contributed by atoms with van der Waals surface area (Å²) in [6, 6.07) is 0. The van der Waals surface area contributed by atoms with Crippen LogP contribution >= 0.6 is 0 Å². The van der Waals surface area contributed by atoms with Crippen LogP contribution in [0.5, 0.6) is 5.75 Å². The molecule has 0 aliphatic heterocycles. The van der Waals surface area contributed by atoms with Crippen molar-refractivity contribution in [3.05, 3.63) is 11.9 Å². The van der Waals surface area contributed by atoms with Gasteiger partial charge in [0.1, 0.15) is 11.8 Å². The van der Waals surface area contributed by atoms with Crippen molar-refractivity contribution in [1.82, 2.24) is 9.78 Å². The summed E-state index contributed by atoms with van der Waals surface area (Å²) in [5.41, 5.74) is 0.468. The summed E-state index contributed by atoms with van der Waals surface area (Å²) in [6.07, 6.45) is 0.414. The third-order valence-electron chi connectivity index (χ3n) is 3.34. The molecule has 0 spiro atoms. The number of hydrogen-bond acceptors (Lipinski definition) is 3. The third-order valence-corrected chi connectivity index (χ3v) is 3.34. The molecule has 2 rings (SSSR count). The average Bonchev–Trinajstić information content (AvgIpc) is 2.80. The molecule has 1 N–H and O–H groups in total. The monoisotopic (exact) mass is 246 g/mol. The van der Waals surface area contributed by atoms with Gasteiger partial charge in [-0.25, -0.2) is 8.78 Å². The predicted octanol–water partition coefficient (Wildman–Crippen LogP) is 1.90. The van der Waals surface area contributed by atoms with Gasteiger partial charge in [-0.05, 0) is 12.3 Å². The molecule has 1 aliphatic rings. The van der Waals surface area contributed by atoms with Gasteiger partial charge >= 0.3 is 0 Å². The van der Waals surface area contributed by atoms with Crippen LogP contribution in [0.2, 0.25) is 0 Å². The second-order valence-corrected chi connectivity index (χ2v) is 4.53. The van der Waals surface area contributed by atoms with E-state index in [0.717, 1.165) is 0 Å². The lowest BCUT2D eigenvalue weighted by Gasteiger charge is -2.19. The van der Waals surface area contributed by atoms with Crippen molar-refractivity contribution in [3.8, 4) is 5.75 Å². The van der Waals surface area contributed by atoms with E-state index in [4.69, 9.17) is 4.74 Å². The van der Waals surface area contributed by atoms with Gasteiger partial charge in [0.2, 0.25) is 5.92 Å². The van der Waals surface area contributed by atoms with Gasteiger partial charge in [-0.3, -0.25) is 4.68 Å². The summed E-state index contributed by atoms with van der Waals surface area (Å²) in [7, 11) is 3.13. The van der Waals surface area contributed by atoms with Crippen molar-refractivity contribution in [2.24, 2.45) is 13.0 Å². The van der Waals surface area contributed by atoms with E-state index in [0.29, 0.717) is 17.9 Å². The summed E-state index contributed by atoms with van der Waals surface area (Å²) in [5, 5.41) is 14.1. The van der Waals surface area contributed by atoms with E-state index in [2.05, 4.69) is 5.10 Å². The number of alkyl halides is 2. The first-order valence-corrected chi connectivity index (χ1v) is 5.56. The smallest absolute Gasteiger partial charge is 0.248 e. The summed E-state index contributed by atoms with van der Waals surface area (Å²) >= 11 is 0. The van der Waals surface area contributed by atoms with Gasteiger partial charge < -0.3 is 9.84 Å². The lowest BCUT2D eigenvalue weighted by Crippen LogP contribution is -2.17. The Morgan fingerprint density at radius 3 is 2.88 bits per heavy atom. The Kier molecular flexibility index (Phi) is 3.07. The second kappa shape index (κ2) is 4.25. The molecule has 0 aromatic carbocycles. The first-order chi connectivity index (χ1) is 7.94. The number of nitrogens with zero attached hydrogens (tertiary/aromatic N) is 2. The Bertz CT molecular complexity index is 406. The van der Waals surface area contributed by atoms with E-state index in [-0.39, 0.29) is 12.8 Å². The predicted molar refractivity (Wildman–Crippen MR) is 57.0 cm³/mol. The Balaban J connectivity index is 2.20. The lowest BCUT2D eigenvalue weighted by atomic mass is 9.97. The van der Waals surface area contributed by atoms with Crippen molar-refractivity contribution >= 4 is 0 Å². The molecule has 1 aromatic heterocycles. The number of hydrogen-bond donors (Lipinski definition) is 1. The Hall–Kier alpha value is -1.17.